The van der Waals surface area contributed by atoms with Crippen molar-refractivity contribution in [2.45, 2.75) is 32.2 Å². The molecule has 0 bridgehead atoms. The molecule has 1 unspecified atom stereocenters. The highest BCUT2D eigenvalue weighted by Crippen LogP contribution is 2.20. The molecule has 0 aliphatic rings. The summed E-state index contributed by atoms with van der Waals surface area (Å²) in [5, 5.41) is 7.00. The fourth-order valence-corrected chi connectivity index (χ4v) is 2.24. The SMILES string of the molecule is CCCC(NCCC(=O)NCCOC)c1ccc(Cl)cc1. The Balaban J connectivity index is 2.37. The number of amides is 1. The Morgan fingerprint density at radius 1 is 1.29 bits per heavy atom. The zero-order valence-corrected chi connectivity index (χ0v) is 13.6. The minimum Gasteiger partial charge on any atom is -0.383 e. The molecule has 1 atom stereocenters. The van der Waals surface area contributed by atoms with Crippen LogP contribution in [-0.4, -0.2) is 32.7 Å². The Bertz CT molecular complexity index is 409. The molecule has 0 fully saturated rings. The van der Waals surface area contributed by atoms with Crippen LogP contribution in [0.5, 0.6) is 0 Å². The number of benzene rings is 1. The second-order valence-corrected chi connectivity index (χ2v) is 5.38. The predicted octanol–water partition coefficient (Wildman–Crippen LogP) is 2.92. The van der Waals surface area contributed by atoms with Crippen molar-refractivity contribution in [1.29, 1.82) is 0 Å². The van der Waals surface area contributed by atoms with E-state index in [0.29, 0.717) is 26.1 Å². The van der Waals surface area contributed by atoms with Gasteiger partial charge >= 0.3 is 0 Å². The first-order valence-corrected chi connectivity index (χ1v) is 7.79. The number of hydrogen-bond donors (Lipinski definition) is 2. The monoisotopic (exact) mass is 312 g/mol. The summed E-state index contributed by atoms with van der Waals surface area (Å²) in [6.07, 6.45) is 2.59. The number of methoxy groups -OCH3 is 1. The van der Waals surface area contributed by atoms with Gasteiger partial charge in [-0.1, -0.05) is 37.1 Å². The van der Waals surface area contributed by atoms with Crippen molar-refractivity contribution in [3.63, 3.8) is 0 Å². The van der Waals surface area contributed by atoms with Crippen LogP contribution in [0.3, 0.4) is 0 Å². The molecule has 5 heteroatoms. The van der Waals surface area contributed by atoms with Crippen molar-refractivity contribution in [2.75, 3.05) is 26.8 Å². The van der Waals surface area contributed by atoms with E-state index in [1.165, 1.54) is 5.56 Å². The minimum atomic E-state index is 0.0471. The minimum absolute atomic E-state index is 0.0471. The number of ether oxygens (including phenoxy) is 1. The van der Waals surface area contributed by atoms with Crippen molar-refractivity contribution < 1.29 is 9.53 Å². The molecule has 0 radical (unpaired) electrons. The molecule has 21 heavy (non-hydrogen) atoms. The fraction of sp³-hybridized carbons (Fsp3) is 0.562. The number of carbonyl (C=O) groups is 1. The first kappa shape index (κ1) is 18.0. The fourth-order valence-electron chi connectivity index (χ4n) is 2.11. The van der Waals surface area contributed by atoms with Crippen molar-refractivity contribution >= 4 is 17.5 Å². The van der Waals surface area contributed by atoms with Crippen LogP contribution in [0.4, 0.5) is 0 Å². The summed E-state index contributed by atoms with van der Waals surface area (Å²) >= 11 is 5.92. The molecule has 4 nitrogen and oxygen atoms in total. The molecule has 1 aromatic carbocycles. The van der Waals surface area contributed by atoms with E-state index in [-0.39, 0.29) is 11.9 Å². The van der Waals surface area contributed by atoms with Gasteiger partial charge in [0.2, 0.25) is 5.91 Å². The lowest BCUT2D eigenvalue weighted by Crippen LogP contribution is -2.31. The van der Waals surface area contributed by atoms with E-state index < -0.39 is 0 Å². The average molecular weight is 313 g/mol. The summed E-state index contributed by atoms with van der Waals surface area (Å²) in [7, 11) is 1.62. The van der Waals surface area contributed by atoms with E-state index in [2.05, 4.69) is 17.6 Å². The van der Waals surface area contributed by atoms with Gasteiger partial charge < -0.3 is 15.4 Å². The second-order valence-electron chi connectivity index (χ2n) is 4.94. The molecule has 118 valence electrons. The maximum Gasteiger partial charge on any atom is 0.221 e. The molecule has 0 aliphatic carbocycles. The zero-order valence-electron chi connectivity index (χ0n) is 12.8. The topological polar surface area (TPSA) is 50.4 Å². The van der Waals surface area contributed by atoms with Crippen LogP contribution in [0.15, 0.2) is 24.3 Å². The number of hydrogen-bond acceptors (Lipinski definition) is 3. The molecular weight excluding hydrogens is 288 g/mol. The number of halogens is 1. The molecule has 2 N–H and O–H groups in total. The number of rotatable bonds is 10. The van der Waals surface area contributed by atoms with Crippen LogP contribution in [0.2, 0.25) is 5.02 Å². The molecule has 0 heterocycles. The van der Waals surface area contributed by atoms with E-state index >= 15 is 0 Å². The molecule has 1 aromatic rings. The third kappa shape index (κ3) is 7.46. The van der Waals surface area contributed by atoms with Gasteiger partial charge in [-0.25, -0.2) is 0 Å². The molecule has 0 saturated carbocycles. The standard InChI is InChI=1S/C16H25ClN2O2/c1-3-4-15(13-5-7-14(17)8-6-13)18-10-9-16(20)19-11-12-21-2/h5-8,15,18H,3-4,9-12H2,1-2H3,(H,19,20). The molecule has 0 spiro atoms. The van der Waals surface area contributed by atoms with Crippen LogP contribution in [-0.2, 0) is 9.53 Å². The van der Waals surface area contributed by atoms with Gasteiger partial charge in [0.25, 0.3) is 0 Å². The van der Waals surface area contributed by atoms with Gasteiger partial charge in [-0.2, -0.15) is 0 Å². The smallest absolute Gasteiger partial charge is 0.221 e. The van der Waals surface area contributed by atoms with Gasteiger partial charge in [0.15, 0.2) is 0 Å². The highest BCUT2D eigenvalue weighted by molar-refractivity contribution is 6.30. The van der Waals surface area contributed by atoms with Gasteiger partial charge in [-0.15, -0.1) is 0 Å². The highest BCUT2D eigenvalue weighted by Gasteiger charge is 2.10. The summed E-state index contributed by atoms with van der Waals surface area (Å²) in [6, 6.07) is 8.14. The van der Waals surface area contributed by atoms with E-state index in [0.717, 1.165) is 17.9 Å². The number of nitrogens with one attached hydrogen (secondary N) is 2. The van der Waals surface area contributed by atoms with Crippen LogP contribution in [0.25, 0.3) is 0 Å². The van der Waals surface area contributed by atoms with E-state index in [9.17, 15) is 4.79 Å². The third-order valence-corrected chi connectivity index (χ3v) is 3.47. The largest absolute Gasteiger partial charge is 0.383 e. The molecule has 1 amide bonds. The summed E-state index contributed by atoms with van der Waals surface area (Å²) < 4.78 is 4.89. The van der Waals surface area contributed by atoms with Crippen LogP contribution in [0.1, 0.15) is 37.8 Å². The summed E-state index contributed by atoms with van der Waals surface area (Å²) in [5.41, 5.74) is 1.21. The van der Waals surface area contributed by atoms with Gasteiger partial charge in [0.05, 0.1) is 6.61 Å². The molecule has 1 rings (SSSR count). The van der Waals surface area contributed by atoms with Gasteiger partial charge in [0, 0.05) is 37.7 Å². The van der Waals surface area contributed by atoms with Crippen LogP contribution >= 0.6 is 11.6 Å². The molecular formula is C16H25ClN2O2. The Labute approximate surface area is 132 Å². The summed E-state index contributed by atoms with van der Waals surface area (Å²) in [4.78, 5) is 11.6. The average Bonchev–Trinajstić information content (AvgIpc) is 2.47. The Morgan fingerprint density at radius 3 is 2.62 bits per heavy atom. The van der Waals surface area contributed by atoms with Crippen molar-refractivity contribution in [2.24, 2.45) is 0 Å². The van der Waals surface area contributed by atoms with E-state index in [1.54, 1.807) is 7.11 Å². The summed E-state index contributed by atoms with van der Waals surface area (Å²) in [6.45, 7) is 3.92. The van der Waals surface area contributed by atoms with Crippen molar-refractivity contribution in [3.05, 3.63) is 34.9 Å². The Kier molecular flexibility index (Phi) is 9.06. The van der Waals surface area contributed by atoms with E-state index in [1.807, 2.05) is 24.3 Å². The number of carbonyl (C=O) groups excluding carboxylic acids is 1. The maximum absolute atomic E-state index is 11.6. The van der Waals surface area contributed by atoms with Gasteiger partial charge in [-0.3, -0.25) is 4.79 Å². The molecule has 0 aliphatic heterocycles. The van der Waals surface area contributed by atoms with Crippen LogP contribution < -0.4 is 10.6 Å². The maximum atomic E-state index is 11.6. The van der Waals surface area contributed by atoms with E-state index in [4.69, 9.17) is 16.3 Å². The lowest BCUT2D eigenvalue weighted by molar-refractivity contribution is -0.121. The van der Waals surface area contributed by atoms with Crippen molar-refractivity contribution in [1.82, 2.24) is 10.6 Å². The normalized spacial score (nSPS) is 12.1. The van der Waals surface area contributed by atoms with Gasteiger partial charge in [0.1, 0.15) is 0 Å². The van der Waals surface area contributed by atoms with Crippen LogP contribution in [0, 0.1) is 0 Å². The lowest BCUT2D eigenvalue weighted by Gasteiger charge is -2.18. The third-order valence-electron chi connectivity index (χ3n) is 3.22. The first-order chi connectivity index (χ1) is 10.2. The Hall–Kier alpha value is -1.10. The molecule has 0 saturated heterocycles. The first-order valence-electron chi connectivity index (χ1n) is 7.41. The highest BCUT2D eigenvalue weighted by atomic mass is 35.5. The van der Waals surface area contributed by atoms with Gasteiger partial charge in [-0.05, 0) is 24.1 Å². The second kappa shape index (κ2) is 10.6. The predicted molar refractivity (Wildman–Crippen MR) is 86.6 cm³/mol. The Morgan fingerprint density at radius 2 is 2.00 bits per heavy atom. The summed E-state index contributed by atoms with van der Waals surface area (Å²) in [5.74, 6) is 0.0471. The van der Waals surface area contributed by atoms with Crippen molar-refractivity contribution in [3.8, 4) is 0 Å². The molecule has 0 aromatic heterocycles. The zero-order chi connectivity index (χ0) is 15.5. The lowest BCUT2D eigenvalue weighted by atomic mass is 10.0. The quantitative estimate of drug-likeness (QED) is 0.653.